The molecule has 4 rings (SSSR count). The number of aromatic hydroxyl groups is 1. The van der Waals surface area contributed by atoms with Crippen LogP contribution in [0.3, 0.4) is 0 Å². The van der Waals surface area contributed by atoms with Gasteiger partial charge in [-0.25, -0.2) is 15.0 Å². The molecule has 0 spiro atoms. The lowest BCUT2D eigenvalue weighted by atomic mass is 9.93. The standard InChI is InChI=1S/C29H31N3O2/c1-3-5-9-21(4-2)18-34-24-13-15-25(28(33)17-24)27-16-23(22-10-7-6-8-11-22)12-14-26(27)29-31-19-30-20-32-29/h6-8,10-17,19-21,33H,3-5,9,18H2,1-2H3. The Labute approximate surface area is 201 Å². The molecule has 0 radical (unpaired) electrons. The van der Waals surface area contributed by atoms with Gasteiger partial charge in [-0.15, -0.1) is 0 Å². The molecule has 5 nitrogen and oxygen atoms in total. The molecule has 1 heterocycles. The van der Waals surface area contributed by atoms with E-state index in [1.165, 1.54) is 31.9 Å². The number of benzene rings is 3. The maximum atomic E-state index is 11.0. The molecule has 0 amide bonds. The van der Waals surface area contributed by atoms with Crippen LogP contribution >= 0.6 is 0 Å². The number of phenolic OH excluding ortho intramolecular Hbond substituents is 1. The summed E-state index contributed by atoms with van der Waals surface area (Å²) < 4.78 is 6.04. The van der Waals surface area contributed by atoms with Gasteiger partial charge in [0.15, 0.2) is 5.82 Å². The zero-order chi connectivity index (χ0) is 23.8. The van der Waals surface area contributed by atoms with E-state index in [0.717, 1.165) is 28.7 Å². The summed E-state index contributed by atoms with van der Waals surface area (Å²) in [5.41, 5.74) is 4.54. The summed E-state index contributed by atoms with van der Waals surface area (Å²) in [6.45, 7) is 5.07. The van der Waals surface area contributed by atoms with Crippen molar-refractivity contribution in [2.24, 2.45) is 5.92 Å². The molecule has 0 aliphatic rings. The number of nitrogens with zero attached hydrogens (tertiary/aromatic N) is 3. The van der Waals surface area contributed by atoms with Gasteiger partial charge in [-0.3, -0.25) is 0 Å². The first kappa shape index (κ1) is 23.4. The van der Waals surface area contributed by atoms with E-state index in [2.05, 4.69) is 47.0 Å². The van der Waals surface area contributed by atoms with Gasteiger partial charge in [0.05, 0.1) is 6.61 Å². The van der Waals surface area contributed by atoms with Gasteiger partial charge in [-0.2, -0.15) is 0 Å². The van der Waals surface area contributed by atoms with Gasteiger partial charge >= 0.3 is 0 Å². The molecule has 0 saturated carbocycles. The Balaban J connectivity index is 1.68. The van der Waals surface area contributed by atoms with Crippen LogP contribution in [-0.4, -0.2) is 26.7 Å². The first-order valence-electron chi connectivity index (χ1n) is 12.0. The Bertz CT molecular complexity index is 1200. The van der Waals surface area contributed by atoms with E-state index in [4.69, 9.17) is 4.74 Å². The fraction of sp³-hybridized carbons (Fsp3) is 0.276. The summed E-state index contributed by atoms with van der Waals surface area (Å²) in [5.74, 6) is 1.93. The molecule has 5 heteroatoms. The number of rotatable bonds is 10. The Hall–Kier alpha value is -3.73. The lowest BCUT2D eigenvalue weighted by Gasteiger charge is -2.17. The van der Waals surface area contributed by atoms with E-state index >= 15 is 0 Å². The second-order valence-corrected chi connectivity index (χ2v) is 8.49. The Kier molecular flexibility index (Phi) is 7.87. The second kappa shape index (κ2) is 11.4. The molecule has 1 atom stereocenters. The zero-order valence-electron chi connectivity index (χ0n) is 19.8. The first-order chi connectivity index (χ1) is 16.7. The van der Waals surface area contributed by atoms with E-state index < -0.39 is 0 Å². The molecule has 34 heavy (non-hydrogen) atoms. The second-order valence-electron chi connectivity index (χ2n) is 8.49. The van der Waals surface area contributed by atoms with Crippen LogP contribution in [-0.2, 0) is 0 Å². The Morgan fingerprint density at radius 3 is 2.29 bits per heavy atom. The van der Waals surface area contributed by atoms with Crippen LogP contribution in [0.15, 0.2) is 79.4 Å². The third-order valence-electron chi connectivity index (χ3n) is 6.15. The van der Waals surface area contributed by atoms with Crippen LogP contribution in [0, 0.1) is 5.92 Å². The average Bonchev–Trinajstić information content (AvgIpc) is 2.89. The van der Waals surface area contributed by atoms with Gasteiger partial charge in [0.2, 0.25) is 0 Å². The molecular formula is C29H31N3O2. The summed E-state index contributed by atoms with van der Waals surface area (Å²) in [4.78, 5) is 12.6. The summed E-state index contributed by atoms with van der Waals surface area (Å²) in [6.07, 6.45) is 7.62. The lowest BCUT2D eigenvalue weighted by Crippen LogP contribution is -2.11. The van der Waals surface area contributed by atoms with Crippen LogP contribution in [0.25, 0.3) is 33.6 Å². The fourth-order valence-electron chi connectivity index (χ4n) is 4.09. The SMILES string of the molecule is CCCCC(CC)COc1ccc(-c2cc(-c3ccccc3)ccc2-c2ncncn2)c(O)c1. The van der Waals surface area contributed by atoms with Crippen molar-refractivity contribution in [3.8, 4) is 45.1 Å². The number of ether oxygens (including phenoxy) is 1. The topological polar surface area (TPSA) is 68.1 Å². The predicted molar refractivity (Wildman–Crippen MR) is 137 cm³/mol. The van der Waals surface area contributed by atoms with Crippen molar-refractivity contribution in [1.29, 1.82) is 0 Å². The van der Waals surface area contributed by atoms with Crippen molar-refractivity contribution in [3.63, 3.8) is 0 Å². The van der Waals surface area contributed by atoms with Gasteiger partial charge in [-0.05, 0) is 53.3 Å². The van der Waals surface area contributed by atoms with Gasteiger partial charge in [-0.1, -0.05) is 69.5 Å². The van der Waals surface area contributed by atoms with Crippen molar-refractivity contribution in [2.45, 2.75) is 39.5 Å². The van der Waals surface area contributed by atoms with Crippen LogP contribution < -0.4 is 4.74 Å². The molecule has 1 unspecified atom stereocenters. The molecule has 0 aliphatic carbocycles. The summed E-state index contributed by atoms with van der Waals surface area (Å²) in [6, 6.07) is 21.8. The lowest BCUT2D eigenvalue weighted by molar-refractivity contribution is 0.232. The molecular weight excluding hydrogens is 422 g/mol. The minimum atomic E-state index is 0.166. The van der Waals surface area contributed by atoms with E-state index in [1.54, 1.807) is 6.07 Å². The smallest absolute Gasteiger partial charge is 0.163 e. The van der Waals surface area contributed by atoms with E-state index in [9.17, 15) is 5.11 Å². The first-order valence-corrected chi connectivity index (χ1v) is 12.0. The number of unbranched alkanes of at least 4 members (excludes halogenated alkanes) is 1. The van der Waals surface area contributed by atoms with Crippen LogP contribution in [0.4, 0.5) is 0 Å². The highest BCUT2D eigenvalue weighted by Gasteiger charge is 2.16. The summed E-state index contributed by atoms with van der Waals surface area (Å²) in [5, 5.41) is 11.0. The fourth-order valence-corrected chi connectivity index (χ4v) is 4.09. The molecule has 1 aromatic heterocycles. The Morgan fingerprint density at radius 1 is 0.824 bits per heavy atom. The molecule has 0 aliphatic heterocycles. The number of hydrogen-bond acceptors (Lipinski definition) is 5. The Morgan fingerprint density at radius 2 is 1.59 bits per heavy atom. The third-order valence-corrected chi connectivity index (χ3v) is 6.15. The van der Waals surface area contributed by atoms with Gasteiger partial charge in [0.1, 0.15) is 24.2 Å². The largest absolute Gasteiger partial charge is 0.507 e. The minimum absolute atomic E-state index is 0.166. The van der Waals surface area contributed by atoms with Gasteiger partial charge < -0.3 is 9.84 Å². The molecule has 3 aromatic carbocycles. The molecule has 1 N–H and O–H groups in total. The highest BCUT2D eigenvalue weighted by molar-refractivity contribution is 5.87. The quantitative estimate of drug-likeness (QED) is 0.276. The molecule has 4 aromatic rings. The van der Waals surface area contributed by atoms with E-state index in [0.29, 0.717) is 29.7 Å². The molecule has 0 fully saturated rings. The van der Waals surface area contributed by atoms with Crippen molar-refractivity contribution in [1.82, 2.24) is 15.0 Å². The summed E-state index contributed by atoms with van der Waals surface area (Å²) in [7, 11) is 0. The van der Waals surface area contributed by atoms with E-state index in [-0.39, 0.29) is 5.75 Å². The number of aromatic nitrogens is 3. The van der Waals surface area contributed by atoms with Gasteiger partial charge in [0.25, 0.3) is 0 Å². The van der Waals surface area contributed by atoms with Crippen molar-refractivity contribution in [3.05, 3.63) is 79.4 Å². The predicted octanol–water partition coefficient (Wildman–Crippen LogP) is 7.17. The van der Waals surface area contributed by atoms with Crippen molar-refractivity contribution in [2.75, 3.05) is 6.61 Å². The van der Waals surface area contributed by atoms with Crippen LogP contribution in [0.2, 0.25) is 0 Å². The van der Waals surface area contributed by atoms with Crippen LogP contribution in [0.1, 0.15) is 39.5 Å². The maximum Gasteiger partial charge on any atom is 0.163 e. The molecule has 0 bridgehead atoms. The number of hydrogen-bond donors (Lipinski definition) is 1. The molecule has 174 valence electrons. The third kappa shape index (κ3) is 5.60. The maximum absolute atomic E-state index is 11.0. The monoisotopic (exact) mass is 453 g/mol. The molecule has 0 saturated heterocycles. The minimum Gasteiger partial charge on any atom is -0.507 e. The highest BCUT2D eigenvalue weighted by atomic mass is 16.5. The zero-order valence-corrected chi connectivity index (χ0v) is 19.8. The van der Waals surface area contributed by atoms with Gasteiger partial charge in [0, 0.05) is 17.2 Å². The summed E-state index contributed by atoms with van der Waals surface area (Å²) >= 11 is 0. The highest BCUT2D eigenvalue weighted by Crippen LogP contribution is 2.39. The van der Waals surface area contributed by atoms with Crippen molar-refractivity contribution >= 4 is 0 Å². The van der Waals surface area contributed by atoms with Crippen LogP contribution in [0.5, 0.6) is 11.5 Å². The number of phenols is 1. The van der Waals surface area contributed by atoms with Crippen molar-refractivity contribution < 1.29 is 9.84 Å². The average molecular weight is 454 g/mol. The van der Waals surface area contributed by atoms with E-state index in [1.807, 2.05) is 42.5 Å². The normalized spacial score (nSPS) is 11.8.